The first-order valence-corrected chi connectivity index (χ1v) is 11.2. The molecule has 150 valence electrons. The van der Waals surface area contributed by atoms with Gasteiger partial charge in [-0.3, -0.25) is 14.5 Å². The highest BCUT2D eigenvalue weighted by Gasteiger charge is 2.34. The van der Waals surface area contributed by atoms with E-state index < -0.39 is 0 Å². The molecule has 1 aromatic heterocycles. The molecule has 0 atom stereocenters. The first-order chi connectivity index (χ1) is 13.3. The number of hydrogen-bond acceptors (Lipinski definition) is 6. The van der Waals surface area contributed by atoms with Crippen LogP contribution in [-0.2, 0) is 16.1 Å². The van der Waals surface area contributed by atoms with Crippen molar-refractivity contribution in [1.82, 2.24) is 15.1 Å². The van der Waals surface area contributed by atoms with Gasteiger partial charge in [0.25, 0.3) is 0 Å². The highest BCUT2D eigenvalue weighted by molar-refractivity contribution is 8.01. The Morgan fingerprint density at radius 2 is 1.86 bits per heavy atom. The Morgan fingerprint density at radius 1 is 1.18 bits per heavy atom. The molecule has 0 saturated heterocycles. The van der Waals surface area contributed by atoms with Gasteiger partial charge in [0.1, 0.15) is 0 Å². The van der Waals surface area contributed by atoms with Crippen molar-refractivity contribution in [2.75, 3.05) is 10.7 Å². The Balaban J connectivity index is 1.64. The number of aromatic nitrogens is 2. The minimum absolute atomic E-state index is 0.00644. The maximum Gasteiger partial charge on any atom is 0.233 e. The molecular weight excluding hydrogens is 392 g/mol. The average Bonchev–Trinajstić information content (AvgIpc) is 3.35. The van der Waals surface area contributed by atoms with Crippen LogP contribution in [0.15, 0.2) is 34.7 Å². The van der Waals surface area contributed by atoms with Crippen molar-refractivity contribution in [2.45, 2.75) is 63.0 Å². The first-order valence-electron chi connectivity index (χ1n) is 9.36. The van der Waals surface area contributed by atoms with Crippen LogP contribution >= 0.6 is 23.1 Å². The van der Waals surface area contributed by atoms with Gasteiger partial charge in [-0.1, -0.05) is 53.4 Å². The fraction of sp³-hybridized carbons (Fsp3) is 0.500. The predicted octanol–water partition coefficient (Wildman–Crippen LogP) is 3.97. The van der Waals surface area contributed by atoms with E-state index in [0.29, 0.717) is 21.8 Å². The van der Waals surface area contributed by atoms with Gasteiger partial charge in [0.05, 0.1) is 5.75 Å². The molecule has 2 amide bonds. The summed E-state index contributed by atoms with van der Waals surface area (Å²) in [7, 11) is 0. The monoisotopic (exact) mass is 418 g/mol. The van der Waals surface area contributed by atoms with Gasteiger partial charge in [-0.2, -0.15) is 0 Å². The number of carbonyl (C=O) groups is 2. The number of carbonyl (C=O) groups excluding carboxylic acids is 2. The Labute approximate surface area is 174 Å². The minimum atomic E-state index is -0.281. The quantitative estimate of drug-likeness (QED) is 0.503. The molecule has 1 saturated carbocycles. The second-order valence-corrected chi connectivity index (χ2v) is 10.1. The lowest BCUT2D eigenvalue weighted by molar-refractivity contribution is -0.133. The molecule has 1 fully saturated rings. The van der Waals surface area contributed by atoms with E-state index in [1.54, 1.807) is 11.8 Å². The van der Waals surface area contributed by atoms with E-state index in [2.05, 4.69) is 10.2 Å². The second-order valence-electron chi connectivity index (χ2n) is 7.90. The van der Waals surface area contributed by atoms with Crippen molar-refractivity contribution in [2.24, 2.45) is 0 Å². The number of thioether (sulfide) groups is 1. The van der Waals surface area contributed by atoms with Crippen LogP contribution in [0.2, 0.25) is 0 Å². The predicted molar refractivity (Wildman–Crippen MR) is 114 cm³/mol. The lowest BCUT2D eigenvalue weighted by Crippen LogP contribution is -2.45. The summed E-state index contributed by atoms with van der Waals surface area (Å²) in [4.78, 5) is 28.4. The Hall–Kier alpha value is -1.93. The lowest BCUT2D eigenvalue weighted by atomic mass is 10.0. The first kappa shape index (κ1) is 20.8. The maximum atomic E-state index is 12.9. The number of amides is 2. The van der Waals surface area contributed by atoms with E-state index in [0.717, 1.165) is 18.4 Å². The molecule has 1 heterocycles. The number of rotatable bonds is 7. The number of anilines is 1. The van der Waals surface area contributed by atoms with Gasteiger partial charge in [-0.15, -0.1) is 10.2 Å². The van der Waals surface area contributed by atoms with Gasteiger partial charge in [0.2, 0.25) is 16.9 Å². The van der Waals surface area contributed by atoms with Gasteiger partial charge in [0.15, 0.2) is 4.34 Å². The molecular formula is C20H26N4O2S2. The third-order valence-electron chi connectivity index (χ3n) is 4.47. The molecule has 1 aliphatic rings. The van der Waals surface area contributed by atoms with Crippen molar-refractivity contribution < 1.29 is 9.59 Å². The van der Waals surface area contributed by atoms with E-state index in [1.165, 1.54) is 23.1 Å². The summed E-state index contributed by atoms with van der Waals surface area (Å²) >= 11 is 2.76. The molecule has 28 heavy (non-hydrogen) atoms. The molecule has 3 rings (SSSR count). The SMILES string of the molecule is CC(=O)N(c1nnc(SCC(=O)N(Cc2ccccc2)C(C)(C)C)s1)C1CC1. The minimum Gasteiger partial charge on any atom is -0.333 e. The van der Waals surface area contributed by atoms with Crippen LogP contribution in [-0.4, -0.2) is 44.2 Å². The molecule has 0 N–H and O–H groups in total. The molecule has 0 aliphatic heterocycles. The smallest absolute Gasteiger partial charge is 0.233 e. The second kappa shape index (κ2) is 8.61. The van der Waals surface area contributed by atoms with Gasteiger partial charge in [-0.25, -0.2) is 0 Å². The highest BCUT2D eigenvalue weighted by Crippen LogP contribution is 2.36. The maximum absolute atomic E-state index is 12.9. The number of nitrogens with zero attached hydrogens (tertiary/aromatic N) is 4. The zero-order valence-electron chi connectivity index (χ0n) is 16.7. The normalized spacial score (nSPS) is 14.0. The number of hydrogen-bond donors (Lipinski definition) is 0. The summed E-state index contributed by atoms with van der Waals surface area (Å²) in [6, 6.07) is 10.3. The Bertz CT molecular complexity index is 828. The van der Waals surface area contributed by atoms with Crippen molar-refractivity contribution >= 4 is 40.0 Å². The molecule has 0 radical (unpaired) electrons. The zero-order valence-corrected chi connectivity index (χ0v) is 18.3. The fourth-order valence-electron chi connectivity index (χ4n) is 2.91. The third kappa shape index (κ3) is 5.32. The third-order valence-corrected chi connectivity index (χ3v) is 6.51. The molecule has 6 nitrogen and oxygen atoms in total. The molecule has 2 aromatic rings. The summed E-state index contributed by atoms with van der Waals surface area (Å²) in [6.45, 7) is 8.26. The molecule has 0 unspecified atom stereocenters. The van der Waals surface area contributed by atoms with Crippen LogP contribution < -0.4 is 4.90 Å². The molecule has 0 spiro atoms. The standard InChI is InChI=1S/C20H26N4O2S2/c1-14(25)24(16-10-11-16)18-21-22-19(28-18)27-13-17(26)23(20(2,3)4)12-15-8-6-5-7-9-15/h5-9,16H,10-13H2,1-4H3. The van der Waals surface area contributed by atoms with Crippen molar-refractivity contribution in [3.8, 4) is 0 Å². The largest absolute Gasteiger partial charge is 0.333 e. The van der Waals surface area contributed by atoms with Gasteiger partial charge < -0.3 is 4.90 Å². The van der Waals surface area contributed by atoms with E-state index in [1.807, 2.05) is 56.0 Å². The molecule has 1 aliphatic carbocycles. The van der Waals surface area contributed by atoms with Gasteiger partial charge in [0, 0.05) is 25.0 Å². The summed E-state index contributed by atoms with van der Waals surface area (Å²) in [6.07, 6.45) is 2.03. The summed E-state index contributed by atoms with van der Waals surface area (Å²) in [5.74, 6) is 0.346. The van der Waals surface area contributed by atoms with E-state index in [4.69, 9.17) is 0 Å². The Kier molecular flexibility index (Phi) is 6.40. The van der Waals surface area contributed by atoms with E-state index >= 15 is 0 Å². The molecule has 0 bridgehead atoms. The average molecular weight is 419 g/mol. The van der Waals surface area contributed by atoms with Gasteiger partial charge in [-0.05, 0) is 39.2 Å². The Morgan fingerprint density at radius 3 is 2.43 bits per heavy atom. The van der Waals surface area contributed by atoms with Crippen molar-refractivity contribution in [3.63, 3.8) is 0 Å². The van der Waals surface area contributed by atoms with E-state index in [9.17, 15) is 9.59 Å². The van der Waals surface area contributed by atoms with Crippen LogP contribution in [0, 0.1) is 0 Å². The van der Waals surface area contributed by atoms with Crippen LogP contribution in [0.1, 0.15) is 46.1 Å². The number of benzene rings is 1. The van der Waals surface area contributed by atoms with Crippen LogP contribution in [0.4, 0.5) is 5.13 Å². The molecule has 1 aromatic carbocycles. The summed E-state index contributed by atoms with van der Waals surface area (Å²) in [5.41, 5.74) is 0.826. The summed E-state index contributed by atoms with van der Waals surface area (Å²) < 4.78 is 0.712. The van der Waals surface area contributed by atoms with Crippen molar-refractivity contribution in [1.29, 1.82) is 0 Å². The fourth-order valence-corrected chi connectivity index (χ4v) is 4.74. The van der Waals surface area contributed by atoms with Gasteiger partial charge >= 0.3 is 0 Å². The van der Waals surface area contributed by atoms with Crippen molar-refractivity contribution in [3.05, 3.63) is 35.9 Å². The highest BCUT2D eigenvalue weighted by atomic mass is 32.2. The van der Waals surface area contributed by atoms with Crippen LogP contribution in [0.25, 0.3) is 0 Å². The van der Waals surface area contributed by atoms with Crippen LogP contribution in [0.3, 0.4) is 0 Å². The van der Waals surface area contributed by atoms with E-state index in [-0.39, 0.29) is 23.4 Å². The topological polar surface area (TPSA) is 66.4 Å². The lowest BCUT2D eigenvalue weighted by Gasteiger charge is -2.36. The molecule has 8 heteroatoms. The summed E-state index contributed by atoms with van der Waals surface area (Å²) in [5, 5.41) is 8.97. The zero-order chi connectivity index (χ0) is 20.3. The van der Waals surface area contributed by atoms with Crippen LogP contribution in [0.5, 0.6) is 0 Å².